The first-order chi connectivity index (χ1) is 14.0. The van der Waals surface area contributed by atoms with E-state index in [2.05, 4.69) is 10.5 Å². The first-order valence-electron chi connectivity index (χ1n) is 8.64. The van der Waals surface area contributed by atoms with E-state index in [1.807, 2.05) is 30.3 Å². The van der Waals surface area contributed by atoms with Gasteiger partial charge in [-0.05, 0) is 41.5 Å². The van der Waals surface area contributed by atoms with Gasteiger partial charge in [-0.25, -0.2) is 10.2 Å². The number of rotatable bonds is 6. The molecule has 0 atom stereocenters. The Kier molecular flexibility index (Phi) is 7.00. The van der Waals surface area contributed by atoms with Crippen LogP contribution in [0.5, 0.6) is 5.75 Å². The van der Waals surface area contributed by atoms with Crippen LogP contribution in [0.1, 0.15) is 21.5 Å². The highest BCUT2D eigenvalue weighted by Crippen LogP contribution is 2.23. The zero-order valence-corrected chi connectivity index (χ0v) is 16.7. The highest BCUT2D eigenvalue weighted by atomic mass is 35.5. The van der Waals surface area contributed by atoms with E-state index in [9.17, 15) is 9.59 Å². The number of hydrogen-bond donors (Lipinski definition) is 1. The summed E-state index contributed by atoms with van der Waals surface area (Å²) in [7, 11) is 0. The average Bonchev–Trinajstić information content (AvgIpc) is 2.69. The standard InChI is InChI=1S/C22H16Cl2N2O3/c23-17-9-10-19(20(24)13-17)22(28)29-18-8-4-7-16(11-18)14-25-26-21(27)12-15-5-2-1-3-6-15/h1-11,13-14H,12H2,(H,26,27)/b25-14-. The van der Waals surface area contributed by atoms with Crippen molar-refractivity contribution in [1.29, 1.82) is 0 Å². The number of nitrogens with one attached hydrogen (secondary N) is 1. The molecule has 1 amide bonds. The second-order valence-corrected chi connectivity index (χ2v) is 6.89. The van der Waals surface area contributed by atoms with Crippen LogP contribution in [0.2, 0.25) is 10.0 Å². The van der Waals surface area contributed by atoms with Gasteiger partial charge in [0.1, 0.15) is 5.75 Å². The van der Waals surface area contributed by atoms with Crippen molar-refractivity contribution >= 4 is 41.3 Å². The lowest BCUT2D eigenvalue weighted by atomic mass is 10.1. The molecule has 29 heavy (non-hydrogen) atoms. The summed E-state index contributed by atoms with van der Waals surface area (Å²) in [4.78, 5) is 24.2. The summed E-state index contributed by atoms with van der Waals surface area (Å²) in [5.41, 5.74) is 4.23. The molecule has 3 aromatic carbocycles. The predicted molar refractivity (Wildman–Crippen MR) is 114 cm³/mol. The van der Waals surface area contributed by atoms with Crippen molar-refractivity contribution in [2.24, 2.45) is 5.10 Å². The molecule has 146 valence electrons. The van der Waals surface area contributed by atoms with Gasteiger partial charge in [-0.1, -0.05) is 65.7 Å². The first-order valence-corrected chi connectivity index (χ1v) is 9.40. The molecule has 0 aliphatic rings. The minimum Gasteiger partial charge on any atom is -0.423 e. The quantitative estimate of drug-likeness (QED) is 0.263. The summed E-state index contributed by atoms with van der Waals surface area (Å²) < 4.78 is 5.35. The van der Waals surface area contributed by atoms with Gasteiger partial charge in [-0.2, -0.15) is 5.10 Å². The molecule has 0 aliphatic heterocycles. The third kappa shape index (κ3) is 6.17. The first kappa shape index (κ1) is 20.6. The topological polar surface area (TPSA) is 67.8 Å². The zero-order valence-electron chi connectivity index (χ0n) is 15.1. The van der Waals surface area contributed by atoms with Crippen LogP contribution in [0.3, 0.4) is 0 Å². The molecule has 0 heterocycles. The Labute approximate surface area is 177 Å². The Morgan fingerprint density at radius 1 is 0.966 bits per heavy atom. The van der Waals surface area contributed by atoms with Crippen molar-refractivity contribution in [3.8, 4) is 5.75 Å². The van der Waals surface area contributed by atoms with Gasteiger partial charge in [0.2, 0.25) is 5.91 Å². The van der Waals surface area contributed by atoms with Gasteiger partial charge in [0.25, 0.3) is 0 Å². The molecule has 0 saturated carbocycles. The molecule has 0 fully saturated rings. The number of esters is 1. The van der Waals surface area contributed by atoms with Crippen molar-refractivity contribution in [1.82, 2.24) is 5.43 Å². The molecule has 0 bridgehead atoms. The van der Waals surface area contributed by atoms with Crippen molar-refractivity contribution in [3.63, 3.8) is 0 Å². The van der Waals surface area contributed by atoms with E-state index >= 15 is 0 Å². The van der Waals surface area contributed by atoms with E-state index in [4.69, 9.17) is 27.9 Å². The van der Waals surface area contributed by atoms with Gasteiger partial charge in [0, 0.05) is 5.02 Å². The fraction of sp³-hybridized carbons (Fsp3) is 0.0455. The summed E-state index contributed by atoms with van der Waals surface area (Å²) in [6.07, 6.45) is 1.70. The number of hydrazone groups is 1. The molecule has 5 nitrogen and oxygen atoms in total. The molecule has 0 radical (unpaired) electrons. The monoisotopic (exact) mass is 426 g/mol. The van der Waals surface area contributed by atoms with Crippen LogP contribution in [-0.2, 0) is 11.2 Å². The van der Waals surface area contributed by atoms with E-state index in [1.54, 1.807) is 30.3 Å². The maximum Gasteiger partial charge on any atom is 0.345 e. The molecule has 0 unspecified atom stereocenters. The highest BCUT2D eigenvalue weighted by Gasteiger charge is 2.13. The van der Waals surface area contributed by atoms with E-state index < -0.39 is 5.97 Å². The number of ether oxygens (including phenoxy) is 1. The molecule has 3 rings (SSSR count). The lowest BCUT2D eigenvalue weighted by molar-refractivity contribution is -0.120. The van der Waals surface area contributed by atoms with Crippen molar-refractivity contribution in [2.45, 2.75) is 6.42 Å². The van der Waals surface area contributed by atoms with Gasteiger partial charge >= 0.3 is 5.97 Å². The van der Waals surface area contributed by atoms with Crippen LogP contribution < -0.4 is 10.2 Å². The molecule has 3 aromatic rings. The number of hydrogen-bond acceptors (Lipinski definition) is 4. The number of halogens is 2. The Balaban J connectivity index is 1.59. The maximum absolute atomic E-state index is 12.3. The van der Waals surface area contributed by atoms with Gasteiger partial charge in [-0.15, -0.1) is 0 Å². The highest BCUT2D eigenvalue weighted by molar-refractivity contribution is 6.36. The maximum atomic E-state index is 12.3. The molecular formula is C22H16Cl2N2O3. The van der Waals surface area contributed by atoms with Gasteiger partial charge in [0.05, 0.1) is 23.2 Å². The molecular weight excluding hydrogens is 411 g/mol. The third-order valence-electron chi connectivity index (χ3n) is 3.83. The molecule has 0 saturated heterocycles. The Hall–Kier alpha value is -3.15. The summed E-state index contributed by atoms with van der Waals surface area (Å²) in [5.74, 6) is -0.509. The fourth-order valence-electron chi connectivity index (χ4n) is 2.47. The van der Waals surface area contributed by atoms with Crippen LogP contribution in [-0.4, -0.2) is 18.1 Å². The van der Waals surface area contributed by atoms with Crippen LogP contribution in [0.25, 0.3) is 0 Å². The minimum absolute atomic E-state index is 0.210. The summed E-state index contributed by atoms with van der Waals surface area (Å²) in [6, 6.07) is 20.6. The van der Waals surface area contributed by atoms with E-state index in [1.165, 1.54) is 18.3 Å². The lowest BCUT2D eigenvalue weighted by Gasteiger charge is -2.07. The summed E-state index contributed by atoms with van der Waals surface area (Å²) >= 11 is 11.9. The lowest BCUT2D eigenvalue weighted by Crippen LogP contribution is -2.19. The second-order valence-electron chi connectivity index (χ2n) is 6.04. The van der Waals surface area contributed by atoms with Crippen LogP contribution in [0.15, 0.2) is 77.9 Å². The van der Waals surface area contributed by atoms with Crippen LogP contribution in [0, 0.1) is 0 Å². The number of carbonyl (C=O) groups is 2. The Bertz CT molecular complexity index is 1050. The summed E-state index contributed by atoms with van der Waals surface area (Å²) in [6.45, 7) is 0. The van der Waals surface area contributed by atoms with E-state index in [0.29, 0.717) is 16.3 Å². The number of nitrogens with zero attached hydrogens (tertiary/aromatic N) is 1. The number of carbonyl (C=O) groups excluding carboxylic acids is 2. The van der Waals surface area contributed by atoms with Crippen molar-refractivity contribution in [2.75, 3.05) is 0 Å². The van der Waals surface area contributed by atoms with Crippen molar-refractivity contribution < 1.29 is 14.3 Å². The largest absolute Gasteiger partial charge is 0.423 e. The number of amides is 1. The predicted octanol–water partition coefficient (Wildman–Crippen LogP) is 4.91. The summed E-state index contributed by atoms with van der Waals surface area (Å²) in [5, 5.41) is 4.58. The molecule has 0 aliphatic carbocycles. The smallest absolute Gasteiger partial charge is 0.345 e. The van der Waals surface area contributed by atoms with Gasteiger partial charge < -0.3 is 4.74 Å². The Morgan fingerprint density at radius 3 is 2.52 bits per heavy atom. The third-order valence-corrected chi connectivity index (χ3v) is 4.38. The van der Waals surface area contributed by atoms with Gasteiger partial charge in [-0.3, -0.25) is 4.79 Å². The number of benzene rings is 3. The molecule has 1 N–H and O–H groups in total. The molecule has 7 heteroatoms. The fourth-order valence-corrected chi connectivity index (χ4v) is 2.96. The molecule has 0 spiro atoms. The minimum atomic E-state index is -0.600. The second kappa shape index (κ2) is 9.87. The van der Waals surface area contributed by atoms with Crippen LogP contribution >= 0.6 is 23.2 Å². The normalized spacial score (nSPS) is 10.7. The molecule has 0 aromatic heterocycles. The van der Waals surface area contributed by atoms with Crippen LogP contribution in [0.4, 0.5) is 0 Å². The van der Waals surface area contributed by atoms with Gasteiger partial charge in [0.15, 0.2) is 0 Å². The Morgan fingerprint density at radius 2 is 1.76 bits per heavy atom. The van der Waals surface area contributed by atoms with Crippen molar-refractivity contribution in [3.05, 3.63) is 99.5 Å². The van der Waals surface area contributed by atoms with E-state index in [0.717, 1.165) is 5.56 Å². The SMILES string of the molecule is O=C(Cc1ccccc1)N/N=C\c1cccc(OC(=O)c2ccc(Cl)cc2Cl)c1. The average molecular weight is 427 g/mol. The zero-order chi connectivity index (χ0) is 20.6. The van der Waals surface area contributed by atoms with E-state index in [-0.39, 0.29) is 22.9 Å².